The van der Waals surface area contributed by atoms with Gasteiger partial charge in [-0.3, -0.25) is 4.99 Å². The van der Waals surface area contributed by atoms with Gasteiger partial charge in [0.05, 0.1) is 6.04 Å². The Hall–Kier alpha value is -0.180. The molecule has 1 aliphatic heterocycles. The van der Waals surface area contributed by atoms with Crippen molar-refractivity contribution in [2.45, 2.75) is 70.2 Å². The van der Waals surface area contributed by atoms with Gasteiger partial charge < -0.3 is 5.32 Å². The second-order valence-corrected chi connectivity index (χ2v) is 6.90. The van der Waals surface area contributed by atoms with Crippen molar-refractivity contribution in [1.29, 1.82) is 0 Å². The summed E-state index contributed by atoms with van der Waals surface area (Å²) in [5, 5.41) is 5.44. The second kappa shape index (κ2) is 5.44. The van der Waals surface area contributed by atoms with Gasteiger partial charge in [0, 0.05) is 11.3 Å². The Morgan fingerprint density at radius 3 is 2.62 bits per heavy atom. The van der Waals surface area contributed by atoms with E-state index in [9.17, 15) is 0 Å². The molecule has 2 fully saturated rings. The molecule has 1 heterocycles. The van der Waals surface area contributed by atoms with Gasteiger partial charge >= 0.3 is 0 Å². The molecule has 0 bridgehead atoms. The van der Waals surface area contributed by atoms with Crippen LogP contribution in [0.15, 0.2) is 4.99 Å². The van der Waals surface area contributed by atoms with Crippen LogP contribution in [-0.2, 0) is 0 Å². The Morgan fingerprint density at radius 1 is 1.19 bits per heavy atom. The first-order valence-corrected chi connectivity index (χ1v) is 7.54. The third kappa shape index (κ3) is 3.16. The normalized spacial score (nSPS) is 43.1. The molecule has 0 spiro atoms. The van der Waals surface area contributed by atoms with Gasteiger partial charge in [0.15, 0.2) is 5.17 Å². The van der Waals surface area contributed by atoms with Crippen molar-refractivity contribution >= 4 is 16.9 Å². The summed E-state index contributed by atoms with van der Waals surface area (Å²) >= 11 is 1.92. The van der Waals surface area contributed by atoms with Gasteiger partial charge in [-0.25, -0.2) is 0 Å². The van der Waals surface area contributed by atoms with Crippen molar-refractivity contribution in [3.05, 3.63) is 0 Å². The molecule has 16 heavy (non-hydrogen) atoms. The standard InChI is InChI=1S/C13H24N2S/c1-9-6-4-5-7-12(9)15-13-14-10(2)8-11(3)16-13/h9-12H,4-8H2,1-3H3,(H,14,15). The fourth-order valence-electron chi connectivity index (χ4n) is 2.75. The average Bonchev–Trinajstić information content (AvgIpc) is 2.20. The van der Waals surface area contributed by atoms with Gasteiger partial charge in [-0.15, -0.1) is 0 Å². The first kappa shape index (κ1) is 12.3. The zero-order chi connectivity index (χ0) is 11.5. The highest BCUT2D eigenvalue weighted by Gasteiger charge is 2.24. The number of amidine groups is 1. The third-order valence-electron chi connectivity index (χ3n) is 3.72. The predicted octanol–water partition coefficient (Wildman–Crippen LogP) is 3.42. The lowest BCUT2D eigenvalue weighted by molar-refractivity contribution is 0.332. The van der Waals surface area contributed by atoms with Crippen molar-refractivity contribution in [3.63, 3.8) is 0 Å². The summed E-state index contributed by atoms with van der Waals surface area (Å²) < 4.78 is 0. The van der Waals surface area contributed by atoms with Gasteiger partial charge in [-0.1, -0.05) is 38.5 Å². The molecule has 1 saturated carbocycles. The van der Waals surface area contributed by atoms with Crippen LogP contribution in [-0.4, -0.2) is 22.5 Å². The molecular formula is C13H24N2S. The molecule has 0 aromatic rings. The Kier molecular flexibility index (Phi) is 4.17. The van der Waals surface area contributed by atoms with Crippen LogP contribution in [0.2, 0.25) is 0 Å². The zero-order valence-corrected chi connectivity index (χ0v) is 11.5. The summed E-state index contributed by atoms with van der Waals surface area (Å²) in [7, 11) is 0. The summed E-state index contributed by atoms with van der Waals surface area (Å²) in [6.07, 6.45) is 6.66. The van der Waals surface area contributed by atoms with E-state index in [2.05, 4.69) is 26.1 Å². The average molecular weight is 240 g/mol. The van der Waals surface area contributed by atoms with Crippen molar-refractivity contribution < 1.29 is 0 Å². The molecule has 1 aliphatic carbocycles. The van der Waals surface area contributed by atoms with E-state index in [1.165, 1.54) is 37.3 Å². The minimum absolute atomic E-state index is 0.571. The largest absolute Gasteiger partial charge is 0.362 e. The Morgan fingerprint density at radius 2 is 1.94 bits per heavy atom. The summed E-state index contributed by atoms with van der Waals surface area (Å²) in [6, 6.07) is 1.16. The monoisotopic (exact) mass is 240 g/mol. The van der Waals surface area contributed by atoms with E-state index in [-0.39, 0.29) is 0 Å². The van der Waals surface area contributed by atoms with E-state index >= 15 is 0 Å². The zero-order valence-electron chi connectivity index (χ0n) is 10.7. The van der Waals surface area contributed by atoms with E-state index in [0.717, 1.165) is 5.92 Å². The number of nitrogens with one attached hydrogen (secondary N) is 1. The second-order valence-electron chi connectivity index (χ2n) is 5.47. The van der Waals surface area contributed by atoms with Crippen molar-refractivity contribution in [2.75, 3.05) is 0 Å². The maximum atomic E-state index is 4.95. The lowest BCUT2D eigenvalue weighted by atomic mass is 9.86. The maximum absolute atomic E-state index is 4.95. The number of hydrogen-bond donors (Lipinski definition) is 1. The van der Waals surface area contributed by atoms with E-state index in [1.54, 1.807) is 0 Å². The molecule has 4 unspecified atom stereocenters. The van der Waals surface area contributed by atoms with Crippen LogP contribution in [0.5, 0.6) is 0 Å². The first-order chi connectivity index (χ1) is 7.65. The topological polar surface area (TPSA) is 24.4 Å². The van der Waals surface area contributed by atoms with Crippen LogP contribution in [0.3, 0.4) is 0 Å². The van der Waals surface area contributed by atoms with Crippen molar-refractivity contribution in [3.8, 4) is 0 Å². The summed E-state index contributed by atoms with van der Waals surface area (Å²) in [6.45, 7) is 6.92. The Balaban J connectivity index is 1.98. The van der Waals surface area contributed by atoms with E-state index in [4.69, 9.17) is 4.99 Å². The first-order valence-electron chi connectivity index (χ1n) is 6.66. The SMILES string of the molecule is CC1CC(C)SC(=NC2CCCCC2C)N1. The number of rotatable bonds is 1. The molecule has 0 aromatic heterocycles. The lowest BCUT2D eigenvalue weighted by Crippen LogP contribution is -2.39. The minimum Gasteiger partial charge on any atom is -0.362 e. The quantitative estimate of drug-likeness (QED) is 0.759. The summed E-state index contributed by atoms with van der Waals surface area (Å²) in [5.41, 5.74) is 0. The van der Waals surface area contributed by atoms with Crippen LogP contribution >= 0.6 is 11.8 Å². The molecule has 0 aromatic carbocycles. The minimum atomic E-state index is 0.571. The number of hydrogen-bond acceptors (Lipinski definition) is 2. The maximum Gasteiger partial charge on any atom is 0.157 e. The van der Waals surface area contributed by atoms with Crippen molar-refractivity contribution in [2.24, 2.45) is 10.9 Å². The predicted molar refractivity (Wildman–Crippen MR) is 73.1 cm³/mol. The van der Waals surface area contributed by atoms with Crippen LogP contribution in [0.4, 0.5) is 0 Å². The number of aliphatic imine (C=N–C) groups is 1. The Labute approximate surface area is 104 Å². The molecule has 2 nitrogen and oxygen atoms in total. The Bertz CT molecular complexity index is 253. The molecule has 1 N–H and O–H groups in total. The van der Waals surface area contributed by atoms with Gasteiger partial charge in [-0.05, 0) is 32.1 Å². The molecule has 92 valence electrons. The van der Waals surface area contributed by atoms with Crippen LogP contribution < -0.4 is 5.32 Å². The molecule has 2 rings (SSSR count). The molecule has 1 saturated heterocycles. The number of thioether (sulfide) groups is 1. The van der Waals surface area contributed by atoms with Gasteiger partial charge in [0.1, 0.15) is 0 Å². The highest BCUT2D eigenvalue weighted by Crippen LogP contribution is 2.29. The smallest absolute Gasteiger partial charge is 0.157 e. The molecule has 2 aliphatic rings. The highest BCUT2D eigenvalue weighted by atomic mass is 32.2. The van der Waals surface area contributed by atoms with Gasteiger partial charge in [0.25, 0.3) is 0 Å². The van der Waals surface area contributed by atoms with E-state index < -0.39 is 0 Å². The van der Waals surface area contributed by atoms with E-state index in [1.807, 2.05) is 11.8 Å². The van der Waals surface area contributed by atoms with E-state index in [0.29, 0.717) is 17.3 Å². The van der Waals surface area contributed by atoms with Crippen LogP contribution in [0.25, 0.3) is 0 Å². The summed E-state index contributed by atoms with van der Waals surface area (Å²) in [5.74, 6) is 0.774. The van der Waals surface area contributed by atoms with Crippen LogP contribution in [0.1, 0.15) is 52.9 Å². The molecule has 0 radical (unpaired) electrons. The fourth-order valence-corrected chi connectivity index (χ4v) is 3.98. The van der Waals surface area contributed by atoms with Crippen LogP contribution in [0, 0.1) is 5.92 Å². The third-order valence-corrected chi connectivity index (χ3v) is 4.76. The highest BCUT2D eigenvalue weighted by molar-refractivity contribution is 8.14. The van der Waals surface area contributed by atoms with Crippen molar-refractivity contribution in [1.82, 2.24) is 5.32 Å². The van der Waals surface area contributed by atoms with Gasteiger partial charge in [-0.2, -0.15) is 0 Å². The lowest BCUT2D eigenvalue weighted by Gasteiger charge is -2.30. The molecule has 3 heteroatoms. The molecule has 0 amide bonds. The molecule has 4 atom stereocenters. The van der Waals surface area contributed by atoms with Gasteiger partial charge in [0.2, 0.25) is 0 Å². The fraction of sp³-hybridized carbons (Fsp3) is 0.923. The molecular weight excluding hydrogens is 216 g/mol. The summed E-state index contributed by atoms with van der Waals surface area (Å²) in [4.78, 5) is 4.95. The number of nitrogens with zero attached hydrogens (tertiary/aromatic N) is 1.